The van der Waals surface area contributed by atoms with Crippen LogP contribution in [0.15, 0.2) is 24.3 Å². The van der Waals surface area contributed by atoms with Crippen LogP contribution >= 0.6 is 11.3 Å². The minimum absolute atomic E-state index is 0.0462. The monoisotopic (exact) mass is 319 g/mol. The zero-order valence-electron chi connectivity index (χ0n) is 13.1. The highest BCUT2D eigenvalue weighted by atomic mass is 32.1. The number of nitrogens with zero attached hydrogens (tertiary/aromatic N) is 2. The fourth-order valence-electron chi connectivity index (χ4n) is 2.00. The number of amides is 1. The Bertz CT molecular complexity index is 625. The van der Waals surface area contributed by atoms with Gasteiger partial charge in [-0.2, -0.15) is 0 Å². The van der Waals surface area contributed by atoms with E-state index in [9.17, 15) is 4.79 Å². The lowest BCUT2D eigenvalue weighted by Crippen LogP contribution is -2.12. The summed E-state index contributed by atoms with van der Waals surface area (Å²) >= 11 is 1.44. The third-order valence-electron chi connectivity index (χ3n) is 3.07. The van der Waals surface area contributed by atoms with Crippen LogP contribution in [0.25, 0.3) is 0 Å². The number of carbonyl (C=O) groups is 1. The Hall–Kier alpha value is -1.95. The van der Waals surface area contributed by atoms with Crippen LogP contribution in [0.5, 0.6) is 5.75 Å². The number of hydrogen-bond acceptors (Lipinski definition) is 5. The van der Waals surface area contributed by atoms with Crippen LogP contribution in [-0.2, 0) is 17.6 Å². The first-order chi connectivity index (χ1) is 10.6. The minimum Gasteiger partial charge on any atom is -0.497 e. The van der Waals surface area contributed by atoms with E-state index in [4.69, 9.17) is 4.74 Å². The number of nitrogens with one attached hydrogen (secondary N) is 1. The Balaban J connectivity index is 1.83. The smallest absolute Gasteiger partial charge is 0.226 e. The molecule has 6 heteroatoms. The molecule has 0 fully saturated rings. The highest BCUT2D eigenvalue weighted by molar-refractivity contribution is 7.15. The van der Waals surface area contributed by atoms with Gasteiger partial charge in [0.2, 0.25) is 11.0 Å². The van der Waals surface area contributed by atoms with Crippen molar-refractivity contribution < 1.29 is 9.53 Å². The van der Waals surface area contributed by atoms with Crippen LogP contribution in [0.3, 0.4) is 0 Å². The predicted molar refractivity (Wildman–Crippen MR) is 88.4 cm³/mol. The van der Waals surface area contributed by atoms with Crippen LogP contribution in [0.1, 0.15) is 30.8 Å². The van der Waals surface area contributed by atoms with Crippen LogP contribution in [0, 0.1) is 5.92 Å². The van der Waals surface area contributed by atoms with Crippen molar-refractivity contribution in [3.05, 3.63) is 34.8 Å². The number of carbonyl (C=O) groups excluding carboxylic acids is 1. The molecule has 0 atom stereocenters. The molecule has 0 unspecified atom stereocenters. The summed E-state index contributed by atoms with van der Waals surface area (Å²) in [6.07, 6.45) is 1.96. The number of benzene rings is 1. The highest BCUT2D eigenvalue weighted by Crippen LogP contribution is 2.19. The van der Waals surface area contributed by atoms with E-state index >= 15 is 0 Å². The molecule has 2 aromatic rings. The SMILES string of the molecule is COc1cccc(CCC(=O)Nc2nnc(CC(C)C)s2)c1. The van der Waals surface area contributed by atoms with Crippen LogP contribution < -0.4 is 10.1 Å². The molecule has 2 rings (SSSR count). The maximum atomic E-state index is 12.0. The van der Waals surface area contributed by atoms with Gasteiger partial charge < -0.3 is 10.1 Å². The zero-order chi connectivity index (χ0) is 15.9. The minimum atomic E-state index is -0.0462. The first kappa shape index (κ1) is 16.4. The quantitative estimate of drug-likeness (QED) is 0.850. The molecule has 1 aromatic carbocycles. The van der Waals surface area contributed by atoms with Crippen molar-refractivity contribution in [2.24, 2.45) is 5.92 Å². The Labute approximate surface area is 134 Å². The fourth-order valence-corrected chi connectivity index (χ4v) is 2.97. The molecule has 22 heavy (non-hydrogen) atoms. The lowest BCUT2D eigenvalue weighted by molar-refractivity contribution is -0.116. The largest absolute Gasteiger partial charge is 0.497 e. The number of aromatic nitrogens is 2. The lowest BCUT2D eigenvalue weighted by Gasteiger charge is -2.04. The molecule has 0 saturated heterocycles. The number of methoxy groups -OCH3 is 1. The molecule has 1 amide bonds. The van der Waals surface area contributed by atoms with Crippen molar-refractivity contribution in [3.63, 3.8) is 0 Å². The van der Waals surface area contributed by atoms with Crippen molar-refractivity contribution >= 4 is 22.4 Å². The van der Waals surface area contributed by atoms with E-state index < -0.39 is 0 Å². The maximum Gasteiger partial charge on any atom is 0.226 e. The first-order valence-corrected chi connectivity index (χ1v) is 8.13. The van der Waals surface area contributed by atoms with E-state index in [0.29, 0.717) is 23.9 Å². The summed E-state index contributed by atoms with van der Waals surface area (Å²) in [5.41, 5.74) is 1.08. The Morgan fingerprint density at radius 2 is 2.18 bits per heavy atom. The Morgan fingerprint density at radius 3 is 2.91 bits per heavy atom. The molecule has 1 N–H and O–H groups in total. The summed E-state index contributed by atoms with van der Waals surface area (Å²) in [4.78, 5) is 12.0. The fraction of sp³-hybridized carbons (Fsp3) is 0.438. The van der Waals surface area contributed by atoms with Gasteiger partial charge in [-0.15, -0.1) is 10.2 Å². The summed E-state index contributed by atoms with van der Waals surface area (Å²) in [7, 11) is 1.63. The zero-order valence-corrected chi connectivity index (χ0v) is 13.9. The molecule has 1 heterocycles. The average Bonchev–Trinajstić information content (AvgIpc) is 2.91. The normalized spacial score (nSPS) is 10.7. The molecule has 118 valence electrons. The van der Waals surface area contributed by atoms with Gasteiger partial charge in [-0.25, -0.2) is 0 Å². The standard InChI is InChI=1S/C16H21N3O2S/c1-11(2)9-15-18-19-16(22-15)17-14(20)8-7-12-5-4-6-13(10-12)21-3/h4-6,10-11H,7-9H2,1-3H3,(H,17,19,20). The van der Waals surface area contributed by atoms with Gasteiger partial charge in [0.15, 0.2) is 0 Å². The van der Waals surface area contributed by atoms with Crippen LogP contribution in [0.4, 0.5) is 5.13 Å². The topological polar surface area (TPSA) is 64.1 Å². The molecule has 0 aliphatic heterocycles. The van der Waals surface area contributed by atoms with E-state index in [-0.39, 0.29) is 5.91 Å². The van der Waals surface area contributed by atoms with Crippen molar-refractivity contribution in [2.75, 3.05) is 12.4 Å². The highest BCUT2D eigenvalue weighted by Gasteiger charge is 2.09. The van der Waals surface area contributed by atoms with Gasteiger partial charge in [-0.1, -0.05) is 37.3 Å². The molecule has 0 spiro atoms. The molecular formula is C16H21N3O2S. The molecule has 0 aliphatic carbocycles. The molecule has 0 bridgehead atoms. The van der Waals surface area contributed by atoms with Crippen LogP contribution in [0.2, 0.25) is 0 Å². The summed E-state index contributed by atoms with van der Waals surface area (Å²) in [5.74, 6) is 1.29. The molecule has 0 radical (unpaired) electrons. The van der Waals surface area contributed by atoms with Gasteiger partial charge in [-0.05, 0) is 30.0 Å². The second kappa shape index (κ2) is 7.89. The van der Waals surface area contributed by atoms with E-state index in [2.05, 4.69) is 29.4 Å². The van der Waals surface area contributed by atoms with Gasteiger partial charge in [-0.3, -0.25) is 4.79 Å². The summed E-state index contributed by atoms with van der Waals surface area (Å²) < 4.78 is 5.17. The average molecular weight is 319 g/mol. The van der Waals surface area contributed by atoms with Crippen molar-refractivity contribution in [1.29, 1.82) is 0 Å². The molecular weight excluding hydrogens is 298 g/mol. The number of anilines is 1. The van der Waals surface area contributed by atoms with Crippen molar-refractivity contribution in [2.45, 2.75) is 33.1 Å². The van der Waals surface area contributed by atoms with E-state index in [1.165, 1.54) is 11.3 Å². The second-order valence-electron chi connectivity index (χ2n) is 5.50. The summed E-state index contributed by atoms with van der Waals surface area (Å²) in [6, 6.07) is 7.75. The summed E-state index contributed by atoms with van der Waals surface area (Å²) in [6.45, 7) is 4.27. The number of hydrogen-bond donors (Lipinski definition) is 1. The van der Waals surface area contributed by atoms with E-state index in [1.54, 1.807) is 7.11 Å². The van der Waals surface area contributed by atoms with Crippen molar-refractivity contribution in [3.8, 4) is 5.75 Å². The lowest BCUT2D eigenvalue weighted by atomic mass is 10.1. The van der Waals surface area contributed by atoms with Gasteiger partial charge in [0, 0.05) is 12.8 Å². The number of ether oxygens (including phenoxy) is 1. The second-order valence-corrected chi connectivity index (χ2v) is 6.56. The van der Waals surface area contributed by atoms with E-state index in [1.807, 2.05) is 24.3 Å². The predicted octanol–water partition coefficient (Wildman–Crippen LogP) is 3.32. The Kier molecular flexibility index (Phi) is 5.89. The Morgan fingerprint density at radius 1 is 1.36 bits per heavy atom. The maximum absolute atomic E-state index is 12.0. The van der Waals surface area contributed by atoms with Crippen LogP contribution in [-0.4, -0.2) is 23.2 Å². The number of aryl methyl sites for hydroxylation is 1. The molecule has 5 nitrogen and oxygen atoms in total. The third kappa shape index (κ3) is 5.11. The van der Waals surface area contributed by atoms with Gasteiger partial charge in [0.05, 0.1) is 7.11 Å². The molecule has 1 aromatic heterocycles. The molecule has 0 aliphatic rings. The van der Waals surface area contributed by atoms with E-state index in [0.717, 1.165) is 22.7 Å². The number of rotatable bonds is 7. The van der Waals surface area contributed by atoms with Crippen molar-refractivity contribution in [1.82, 2.24) is 10.2 Å². The summed E-state index contributed by atoms with van der Waals surface area (Å²) in [5, 5.41) is 12.4. The van der Waals surface area contributed by atoms with Gasteiger partial charge in [0.1, 0.15) is 10.8 Å². The molecule has 0 saturated carbocycles. The van der Waals surface area contributed by atoms with Gasteiger partial charge >= 0.3 is 0 Å². The first-order valence-electron chi connectivity index (χ1n) is 7.32. The third-order valence-corrected chi connectivity index (χ3v) is 3.93. The van der Waals surface area contributed by atoms with Gasteiger partial charge in [0.25, 0.3) is 0 Å².